The maximum Gasteiger partial charge on any atom is 0.248 e. The molecule has 2 aliphatic heterocycles. The number of ether oxygens (including phenoxy) is 1. The van der Waals surface area contributed by atoms with E-state index in [-0.39, 0.29) is 12.0 Å². The molecular weight excluding hydrogens is 390 g/mol. The second kappa shape index (κ2) is 10.7. The highest BCUT2D eigenvalue weighted by molar-refractivity contribution is 5.99. The molecule has 164 valence electrons. The lowest BCUT2D eigenvalue weighted by molar-refractivity contribution is -0.111. The molecule has 1 amide bonds. The fourth-order valence-corrected chi connectivity index (χ4v) is 3.70. The standard InChI is InChI=1S/C24H31N5O2/c1-18-15-29(11-12-31-18)16-19-3-6-22(7-4-19)27-24(30)8-5-20-17-28(2)10-9-23(20)21(13-25)14-26/h3-10,13-14,18,25H,11-12,15-17,26H2,1-2H3,(H,27,30)/b8-5+,21-14+,25-13?. The highest BCUT2D eigenvalue weighted by atomic mass is 16.5. The molecule has 31 heavy (non-hydrogen) atoms. The van der Waals surface area contributed by atoms with Crippen LogP contribution in [0.15, 0.2) is 71.6 Å². The summed E-state index contributed by atoms with van der Waals surface area (Å²) in [4.78, 5) is 16.8. The fourth-order valence-electron chi connectivity index (χ4n) is 3.70. The number of hydrogen-bond donors (Lipinski definition) is 3. The molecule has 0 spiro atoms. The monoisotopic (exact) mass is 421 g/mol. The van der Waals surface area contributed by atoms with Crippen LogP contribution < -0.4 is 11.1 Å². The van der Waals surface area contributed by atoms with Gasteiger partial charge >= 0.3 is 0 Å². The van der Waals surface area contributed by atoms with Gasteiger partial charge in [-0.1, -0.05) is 18.2 Å². The number of carbonyl (C=O) groups excluding carboxylic acids is 1. The summed E-state index contributed by atoms with van der Waals surface area (Å²) >= 11 is 0. The Bertz CT molecular complexity index is 914. The molecule has 4 N–H and O–H groups in total. The molecule has 2 aliphatic rings. The Morgan fingerprint density at radius 3 is 2.81 bits per heavy atom. The van der Waals surface area contributed by atoms with E-state index >= 15 is 0 Å². The lowest BCUT2D eigenvalue weighted by Gasteiger charge is -2.31. The topological polar surface area (TPSA) is 94.7 Å². The number of anilines is 1. The summed E-state index contributed by atoms with van der Waals surface area (Å²) in [6.45, 7) is 6.25. The molecule has 1 atom stereocenters. The highest BCUT2D eigenvalue weighted by Crippen LogP contribution is 2.21. The summed E-state index contributed by atoms with van der Waals surface area (Å²) in [5.74, 6) is -0.202. The molecule has 2 heterocycles. The third-order valence-corrected chi connectivity index (χ3v) is 5.30. The van der Waals surface area contributed by atoms with Gasteiger partial charge in [-0.25, -0.2) is 0 Å². The summed E-state index contributed by atoms with van der Waals surface area (Å²) in [6.07, 6.45) is 10.0. The zero-order valence-electron chi connectivity index (χ0n) is 18.2. The zero-order chi connectivity index (χ0) is 22.2. The summed E-state index contributed by atoms with van der Waals surface area (Å²) in [7, 11) is 1.95. The molecule has 0 radical (unpaired) electrons. The number of carbonyl (C=O) groups is 1. The number of benzene rings is 1. The number of nitrogens with two attached hydrogens (primary N) is 1. The molecular formula is C24H31N5O2. The maximum atomic E-state index is 12.4. The Labute approximate surface area is 184 Å². The van der Waals surface area contributed by atoms with E-state index in [0.717, 1.165) is 43.1 Å². The molecule has 0 aliphatic carbocycles. The number of rotatable bonds is 7. The van der Waals surface area contributed by atoms with Crippen molar-refractivity contribution in [1.29, 1.82) is 5.41 Å². The number of amides is 1. The van der Waals surface area contributed by atoms with Gasteiger partial charge in [0.15, 0.2) is 0 Å². The predicted octanol–water partition coefficient (Wildman–Crippen LogP) is 2.65. The molecule has 1 unspecified atom stereocenters. The quantitative estimate of drug-likeness (QED) is 0.465. The van der Waals surface area contributed by atoms with Gasteiger partial charge in [0, 0.05) is 63.0 Å². The third-order valence-electron chi connectivity index (χ3n) is 5.30. The van der Waals surface area contributed by atoms with Gasteiger partial charge in [0.2, 0.25) is 5.91 Å². The summed E-state index contributed by atoms with van der Waals surface area (Å²) in [5.41, 5.74) is 10.0. The minimum atomic E-state index is -0.202. The van der Waals surface area contributed by atoms with Crippen molar-refractivity contribution < 1.29 is 9.53 Å². The number of nitrogens with zero attached hydrogens (tertiary/aromatic N) is 2. The van der Waals surface area contributed by atoms with Gasteiger partial charge < -0.3 is 26.1 Å². The molecule has 7 heteroatoms. The van der Waals surface area contributed by atoms with E-state index in [1.54, 1.807) is 6.08 Å². The van der Waals surface area contributed by atoms with Crippen molar-refractivity contribution in [3.8, 4) is 0 Å². The first kappa shape index (κ1) is 22.5. The van der Waals surface area contributed by atoms with Crippen molar-refractivity contribution in [3.63, 3.8) is 0 Å². The van der Waals surface area contributed by atoms with Crippen LogP contribution in [0.25, 0.3) is 0 Å². The van der Waals surface area contributed by atoms with Crippen molar-refractivity contribution >= 4 is 17.8 Å². The number of hydrogen-bond acceptors (Lipinski definition) is 6. The maximum absolute atomic E-state index is 12.4. The lowest BCUT2D eigenvalue weighted by Crippen LogP contribution is -2.40. The van der Waals surface area contributed by atoms with Crippen molar-refractivity contribution in [2.75, 3.05) is 38.6 Å². The van der Waals surface area contributed by atoms with Crippen LogP contribution in [-0.4, -0.2) is 61.3 Å². The Morgan fingerprint density at radius 1 is 1.35 bits per heavy atom. The Morgan fingerprint density at radius 2 is 2.13 bits per heavy atom. The fraction of sp³-hybridized carbons (Fsp3) is 0.333. The number of morpholine rings is 1. The van der Waals surface area contributed by atoms with Crippen molar-refractivity contribution in [2.45, 2.75) is 19.6 Å². The van der Waals surface area contributed by atoms with Crippen LogP contribution in [0.4, 0.5) is 5.69 Å². The smallest absolute Gasteiger partial charge is 0.248 e. The van der Waals surface area contributed by atoms with E-state index in [1.807, 2.05) is 48.5 Å². The first-order valence-corrected chi connectivity index (χ1v) is 10.4. The average Bonchev–Trinajstić information content (AvgIpc) is 2.76. The van der Waals surface area contributed by atoms with E-state index in [9.17, 15) is 4.79 Å². The van der Waals surface area contributed by atoms with Crippen LogP contribution in [-0.2, 0) is 16.1 Å². The van der Waals surface area contributed by atoms with Gasteiger partial charge in [-0.05, 0) is 48.0 Å². The van der Waals surface area contributed by atoms with Gasteiger partial charge in [0.1, 0.15) is 0 Å². The first-order valence-electron chi connectivity index (χ1n) is 10.4. The van der Waals surface area contributed by atoms with Gasteiger partial charge in [-0.3, -0.25) is 9.69 Å². The molecule has 1 aromatic rings. The predicted molar refractivity (Wildman–Crippen MR) is 125 cm³/mol. The summed E-state index contributed by atoms with van der Waals surface area (Å²) in [5, 5.41) is 10.4. The van der Waals surface area contributed by atoms with Gasteiger partial charge in [-0.15, -0.1) is 0 Å². The van der Waals surface area contributed by atoms with Crippen LogP contribution in [0, 0.1) is 5.41 Å². The van der Waals surface area contributed by atoms with Gasteiger partial charge in [-0.2, -0.15) is 0 Å². The SMILES string of the molecule is CC1CN(Cc2ccc(NC(=O)/C=C/C3=C(C(/C=N)=C/N)C=CN(C)C3)cc2)CCO1. The van der Waals surface area contributed by atoms with Crippen LogP contribution in [0.5, 0.6) is 0 Å². The molecule has 0 saturated carbocycles. The molecule has 0 bridgehead atoms. The molecule has 7 nitrogen and oxygen atoms in total. The van der Waals surface area contributed by atoms with E-state index in [1.165, 1.54) is 24.1 Å². The first-order chi connectivity index (χ1) is 15.0. The molecule has 1 fully saturated rings. The number of likely N-dealkylation sites (N-methyl/N-ethyl adjacent to an activating group) is 1. The molecule has 1 saturated heterocycles. The van der Waals surface area contributed by atoms with E-state index < -0.39 is 0 Å². The Balaban J connectivity index is 1.61. The van der Waals surface area contributed by atoms with E-state index in [4.69, 9.17) is 15.9 Å². The minimum Gasteiger partial charge on any atom is -0.404 e. The third kappa shape index (κ3) is 6.41. The molecule has 1 aromatic carbocycles. The van der Waals surface area contributed by atoms with Crippen molar-refractivity contribution in [2.24, 2.45) is 5.73 Å². The molecule has 0 aromatic heterocycles. The number of nitrogens with one attached hydrogen (secondary N) is 2. The summed E-state index contributed by atoms with van der Waals surface area (Å²) in [6, 6.07) is 7.95. The zero-order valence-corrected chi connectivity index (χ0v) is 18.2. The Kier molecular flexibility index (Phi) is 7.81. The second-order valence-corrected chi connectivity index (χ2v) is 7.87. The van der Waals surface area contributed by atoms with Crippen molar-refractivity contribution in [1.82, 2.24) is 9.80 Å². The second-order valence-electron chi connectivity index (χ2n) is 7.87. The van der Waals surface area contributed by atoms with Crippen molar-refractivity contribution in [3.05, 3.63) is 77.2 Å². The number of allylic oxidation sites excluding steroid dienone is 3. The minimum absolute atomic E-state index is 0.202. The lowest BCUT2D eigenvalue weighted by atomic mass is 9.98. The largest absolute Gasteiger partial charge is 0.404 e. The average molecular weight is 422 g/mol. The van der Waals surface area contributed by atoms with Crippen LogP contribution in [0.2, 0.25) is 0 Å². The highest BCUT2D eigenvalue weighted by Gasteiger charge is 2.16. The van der Waals surface area contributed by atoms with Crippen LogP contribution in [0.3, 0.4) is 0 Å². The summed E-state index contributed by atoms with van der Waals surface area (Å²) < 4.78 is 5.59. The van der Waals surface area contributed by atoms with Gasteiger partial charge in [0.05, 0.1) is 12.7 Å². The van der Waals surface area contributed by atoms with Crippen LogP contribution in [0.1, 0.15) is 12.5 Å². The normalized spacial score (nSPS) is 20.4. The molecule has 3 rings (SSSR count). The van der Waals surface area contributed by atoms with E-state index in [2.05, 4.69) is 17.1 Å². The Hall–Kier alpha value is -3.16. The van der Waals surface area contributed by atoms with Gasteiger partial charge in [0.25, 0.3) is 0 Å². The van der Waals surface area contributed by atoms with Crippen LogP contribution >= 0.6 is 0 Å². The van der Waals surface area contributed by atoms with E-state index in [0.29, 0.717) is 12.1 Å².